The lowest BCUT2D eigenvalue weighted by atomic mass is 9.52. The lowest BCUT2D eigenvalue weighted by Gasteiger charge is -2.49. The first-order valence-corrected chi connectivity index (χ1v) is 19.7. The Balaban J connectivity index is 1.08. The van der Waals surface area contributed by atoms with Gasteiger partial charge in [0.25, 0.3) is 0 Å². The first kappa shape index (κ1) is 31.6. The van der Waals surface area contributed by atoms with Crippen LogP contribution in [-0.4, -0.2) is 15.0 Å². The molecule has 5 nitrogen and oxygen atoms in total. The lowest BCUT2D eigenvalue weighted by molar-refractivity contribution is 0.591. The number of benzene rings is 8. The first-order valence-electron chi connectivity index (χ1n) is 19.7. The molecule has 14 rings (SSSR count). The molecule has 58 heavy (non-hydrogen) atoms. The largest absolute Gasteiger partial charge is 0.455 e. The third-order valence-corrected chi connectivity index (χ3v) is 12.5. The fourth-order valence-corrected chi connectivity index (χ4v) is 10.1. The Bertz CT molecular complexity index is 3370. The molecule has 3 aliphatic rings. The van der Waals surface area contributed by atoms with Crippen molar-refractivity contribution in [3.8, 4) is 33.9 Å². The summed E-state index contributed by atoms with van der Waals surface area (Å²) in [7, 11) is 0. The van der Waals surface area contributed by atoms with Gasteiger partial charge in [0.05, 0.1) is 5.56 Å². The van der Waals surface area contributed by atoms with Crippen LogP contribution in [0.25, 0.3) is 77.8 Å². The predicted molar refractivity (Wildman–Crippen MR) is 230 cm³/mol. The lowest BCUT2D eigenvalue weighted by Crippen LogP contribution is -2.44. The molecule has 3 heterocycles. The number of hydrogen-bond acceptors (Lipinski definition) is 5. The molecule has 0 saturated carbocycles. The van der Waals surface area contributed by atoms with Crippen molar-refractivity contribution >= 4 is 43.9 Å². The second-order valence-electron chi connectivity index (χ2n) is 15.4. The second-order valence-corrected chi connectivity index (χ2v) is 15.4. The van der Waals surface area contributed by atoms with Crippen LogP contribution >= 0.6 is 0 Å². The Labute approximate surface area is 332 Å². The highest BCUT2D eigenvalue weighted by molar-refractivity contribution is 6.10. The minimum atomic E-state index is -0.788. The highest BCUT2D eigenvalue weighted by atomic mass is 16.3. The topological polar surface area (TPSA) is 65.0 Å². The van der Waals surface area contributed by atoms with Crippen molar-refractivity contribution in [3.63, 3.8) is 0 Å². The predicted octanol–water partition coefficient (Wildman–Crippen LogP) is 12.9. The van der Waals surface area contributed by atoms with E-state index in [1.165, 1.54) is 33.4 Å². The molecular weight excluding hydrogens is 711 g/mol. The van der Waals surface area contributed by atoms with E-state index in [1.54, 1.807) is 0 Å². The van der Waals surface area contributed by atoms with Gasteiger partial charge in [0.1, 0.15) is 27.7 Å². The highest BCUT2D eigenvalue weighted by Crippen LogP contribution is 2.61. The first-order chi connectivity index (χ1) is 28.8. The van der Waals surface area contributed by atoms with Crippen LogP contribution < -0.4 is 0 Å². The van der Waals surface area contributed by atoms with Gasteiger partial charge >= 0.3 is 0 Å². The number of rotatable bonds is 4. The maximum absolute atomic E-state index is 6.61. The van der Waals surface area contributed by atoms with E-state index in [1.807, 2.05) is 30.3 Å². The zero-order valence-electron chi connectivity index (χ0n) is 31.1. The maximum atomic E-state index is 6.61. The number of nitrogens with zero attached hydrogens (tertiary/aromatic N) is 3. The van der Waals surface area contributed by atoms with Crippen molar-refractivity contribution in [1.29, 1.82) is 0 Å². The average molecular weight is 742 g/mol. The van der Waals surface area contributed by atoms with E-state index in [2.05, 4.69) is 152 Å². The van der Waals surface area contributed by atoms with Gasteiger partial charge in [0, 0.05) is 38.6 Å². The molecule has 270 valence electrons. The van der Waals surface area contributed by atoms with Crippen LogP contribution in [-0.2, 0) is 5.41 Å². The summed E-state index contributed by atoms with van der Waals surface area (Å²) in [6.45, 7) is 0. The van der Waals surface area contributed by atoms with Crippen molar-refractivity contribution in [1.82, 2.24) is 15.0 Å². The number of aromatic nitrogens is 3. The molecule has 0 amide bonds. The molecule has 0 saturated heterocycles. The van der Waals surface area contributed by atoms with Crippen LogP contribution in [0.5, 0.6) is 0 Å². The minimum Gasteiger partial charge on any atom is -0.455 e. The molecule has 0 aliphatic heterocycles. The summed E-state index contributed by atoms with van der Waals surface area (Å²) in [5.41, 5.74) is 13.8. The molecule has 8 aromatic carbocycles. The number of hydrogen-bond donors (Lipinski definition) is 0. The summed E-state index contributed by atoms with van der Waals surface area (Å²) >= 11 is 0. The van der Waals surface area contributed by atoms with Crippen LogP contribution in [0.1, 0.15) is 45.1 Å². The normalized spacial score (nSPS) is 16.5. The molecule has 11 aromatic rings. The highest BCUT2D eigenvalue weighted by Gasteiger charge is 2.54. The van der Waals surface area contributed by atoms with E-state index >= 15 is 0 Å². The monoisotopic (exact) mass is 741 g/mol. The summed E-state index contributed by atoms with van der Waals surface area (Å²) < 4.78 is 13.0. The summed E-state index contributed by atoms with van der Waals surface area (Å²) in [5, 5.41) is 4.30. The van der Waals surface area contributed by atoms with Gasteiger partial charge in [-0.3, -0.25) is 0 Å². The van der Waals surface area contributed by atoms with Crippen LogP contribution in [0, 0.1) is 0 Å². The van der Waals surface area contributed by atoms with E-state index in [0.29, 0.717) is 17.5 Å². The van der Waals surface area contributed by atoms with E-state index in [4.69, 9.17) is 23.8 Å². The third kappa shape index (κ3) is 4.17. The van der Waals surface area contributed by atoms with E-state index in [0.717, 1.165) is 66.1 Å². The molecular formula is C53H31N3O2. The molecule has 3 aromatic heterocycles. The van der Waals surface area contributed by atoms with Crippen molar-refractivity contribution in [3.05, 3.63) is 221 Å². The van der Waals surface area contributed by atoms with E-state index in [9.17, 15) is 0 Å². The van der Waals surface area contributed by atoms with Crippen LogP contribution in [0.3, 0.4) is 0 Å². The maximum Gasteiger partial charge on any atom is 0.167 e. The number of furan rings is 2. The van der Waals surface area contributed by atoms with Gasteiger partial charge in [-0.15, -0.1) is 0 Å². The molecule has 5 heteroatoms. The Morgan fingerprint density at radius 1 is 0.362 bits per heavy atom. The fraction of sp³-hybridized carbons (Fsp3) is 0.0377. The van der Waals surface area contributed by atoms with E-state index < -0.39 is 5.41 Å². The van der Waals surface area contributed by atoms with Gasteiger partial charge in [-0.1, -0.05) is 164 Å². The molecule has 0 spiro atoms. The number of para-hydroxylation sites is 4. The van der Waals surface area contributed by atoms with Crippen molar-refractivity contribution < 1.29 is 8.83 Å². The van der Waals surface area contributed by atoms with Crippen LogP contribution in [0.2, 0.25) is 0 Å². The molecule has 0 fully saturated rings. The SMILES string of the molecule is c1ccc2c(c1)C1c3ccccc3C2(c2nc(-c3ccc(-c4cccc5c4oc4ccccc45)cc3)nc(-c3cccc4c3oc3ccccc34)n2)c2ccccc21. The third-order valence-electron chi connectivity index (χ3n) is 12.5. The zero-order chi connectivity index (χ0) is 38.0. The Hall–Kier alpha value is -7.63. The van der Waals surface area contributed by atoms with Crippen LogP contribution in [0.15, 0.2) is 191 Å². The Morgan fingerprint density at radius 2 is 0.810 bits per heavy atom. The molecule has 0 radical (unpaired) electrons. The standard InChI is InChI=1S/C53H31N3O2/c1-6-22-42-38(15-1)47-39-16-2-7-23-43(39)53(42,44-24-8-3-17-40(44)47)52-55-50(54-51(56-52)41-21-12-20-37-35-14-5-10-26-46(35)58-49(37)41)32-29-27-31(28-30-32)33-18-11-19-36-34-13-4-9-25-45(34)57-48(33)36/h1-30,47H. The second kappa shape index (κ2) is 11.7. The Kier molecular flexibility index (Phi) is 6.37. The molecule has 2 bridgehead atoms. The summed E-state index contributed by atoms with van der Waals surface area (Å²) in [5.74, 6) is 1.97. The average Bonchev–Trinajstić information content (AvgIpc) is 3.88. The summed E-state index contributed by atoms with van der Waals surface area (Å²) in [6.07, 6.45) is 0. The molecule has 3 aliphatic carbocycles. The molecule has 0 atom stereocenters. The quantitative estimate of drug-likeness (QED) is 0.180. The van der Waals surface area contributed by atoms with Crippen molar-refractivity contribution in [2.45, 2.75) is 11.3 Å². The van der Waals surface area contributed by atoms with Gasteiger partial charge in [-0.2, -0.15) is 0 Å². The van der Waals surface area contributed by atoms with Gasteiger partial charge in [-0.25, -0.2) is 15.0 Å². The van der Waals surface area contributed by atoms with Crippen molar-refractivity contribution in [2.24, 2.45) is 0 Å². The Morgan fingerprint density at radius 3 is 1.40 bits per heavy atom. The number of fused-ring (bicyclic) bond motifs is 6. The van der Waals surface area contributed by atoms with Crippen molar-refractivity contribution in [2.75, 3.05) is 0 Å². The van der Waals surface area contributed by atoms with Gasteiger partial charge in [0.15, 0.2) is 17.5 Å². The fourth-order valence-electron chi connectivity index (χ4n) is 10.1. The van der Waals surface area contributed by atoms with E-state index in [-0.39, 0.29) is 5.92 Å². The molecule has 0 N–H and O–H groups in total. The zero-order valence-corrected chi connectivity index (χ0v) is 31.1. The minimum absolute atomic E-state index is 0.124. The van der Waals surface area contributed by atoms with Gasteiger partial charge < -0.3 is 8.83 Å². The van der Waals surface area contributed by atoms with Gasteiger partial charge in [-0.05, 0) is 57.1 Å². The molecule has 0 unspecified atom stereocenters. The summed E-state index contributed by atoms with van der Waals surface area (Å²) in [6, 6.07) is 64.0. The van der Waals surface area contributed by atoms with Crippen LogP contribution in [0.4, 0.5) is 0 Å². The van der Waals surface area contributed by atoms with Gasteiger partial charge in [0.2, 0.25) is 0 Å². The summed E-state index contributed by atoms with van der Waals surface area (Å²) in [4.78, 5) is 16.4. The smallest absolute Gasteiger partial charge is 0.167 e.